The molecule has 2 aromatic rings. The van der Waals surface area contributed by atoms with Gasteiger partial charge in [0.05, 0.1) is 17.6 Å². The third kappa shape index (κ3) is 5.30. The summed E-state index contributed by atoms with van der Waals surface area (Å²) in [6, 6.07) is 8.17. The molecule has 2 heterocycles. The van der Waals surface area contributed by atoms with E-state index in [0.29, 0.717) is 17.8 Å². The second-order valence-electron chi connectivity index (χ2n) is 7.09. The van der Waals surface area contributed by atoms with Crippen LogP contribution in [0.5, 0.6) is 0 Å². The third-order valence-corrected chi connectivity index (χ3v) is 7.77. The highest BCUT2D eigenvalue weighted by atomic mass is 32.2. The molecule has 0 saturated carbocycles. The minimum atomic E-state index is -3.60. The topological polar surface area (TPSA) is 122 Å². The van der Waals surface area contributed by atoms with E-state index in [1.807, 2.05) is 12.2 Å². The van der Waals surface area contributed by atoms with Crippen molar-refractivity contribution in [2.45, 2.75) is 24.7 Å². The minimum absolute atomic E-state index is 0.156. The Morgan fingerprint density at radius 3 is 2.35 bits per heavy atom. The molecule has 11 heteroatoms. The fourth-order valence-electron chi connectivity index (χ4n) is 3.23. The molecule has 1 aliphatic rings. The van der Waals surface area contributed by atoms with Gasteiger partial charge in [-0.05, 0) is 43.3 Å². The van der Waals surface area contributed by atoms with E-state index >= 15 is 0 Å². The van der Waals surface area contributed by atoms with E-state index in [4.69, 9.17) is 0 Å². The molecule has 2 N–H and O–H groups in total. The number of alkyl carbamates (subject to hydrolysis) is 1. The number of ether oxygens (including phenoxy) is 1. The van der Waals surface area contributed by atoms with Gasteiger partial charge in [0.2, 0.25) is 15.9 Å². The molecule has 1 aromatic carbocycles. The maximum absolute atomic E-state index is 12.8. The van der Waals surface area contributed by atoms with Crippen molar-refractivity contribution in [3.63, 3.8) is 0 Å². The van der Waals surface area contributed by atoms with Crippen molar-refractivity contribution < 1.29 is 27.5 Å². The number of carbonyl (C=O) groups is 3. The van der Waals surface area contributed by atoms with Gasteiger partial charge in [0, 0.05) is 19.0 Å². The third-order valence-electron chi connectivity index (χ3n) is 5.03. The number of thiophene rings is 1. The van der Waals surface area contributed by atoms with Crippen LogP contribution in [0.25, 0.3) is 0 Å². The van der Waals surface area contributed by atoms with Crippen LogP contribution >= 0.6 is 11.3 Å². The molecule has 1 aromatic heterocycles. The zero-order chi connectivity index (χ0) is 22.6. The second kappa shape index (κ2) is 9.58. The predicted octanol–water partition coefficient (Wildman–Crippen LogP) is 2.59. The molecular formula is C20H23N3O6S2. The van der Waals surface area contributed by atoms with Crippen molar-refractivity contribution >= 4 is 44.3 Å². The van der Waals surface area contributed by atoms with Crippen molar-refractivity contribution in [1.29, 1.82) is 0 Å². The number of hydrogen-bond donors (Lipinski definition) is 2. The maximum Gasteiger partial charge on any atom is 0.413 e. The fourth-order valence-corrected chi connectivity index (χ4v) is 5.48. The number of benzene rings is 1. The van der Waals surface area contributed by atoms with Crippen LogP contribution in [-0.4, -0.2) is 50.8 Å². The summed E-state index contributed by atoms with van der Waals surface area (Å²) in [4.78, 5) is 36.3. The Bertz CT molecular complexity index is 1070. The molecule has 0 bridgehead atoms. The number of carbonyl (C=O) groups excluding carboxylic acids is 3. The van der Waals surface area contributed by atoms with Crippen LogP contribution in [0.2, 0.25) is 0 Å². The molecule has 0 atom stereocenters. The summed E-state index contributed by atoms with van der Waals surface area (Å²) < 4.78 is 31.4. The average molecular weight is 466 g/mol. The Balaban J connectivity index is 1.60. The van der Waals surface area contributed by atoms with Crippen molar-refractivity contribution in [3.05, 3.63) is 46.8 Å². The molecule has 0 aliphatic carbocycles. The SMILES string of the molecule is COC(=O)NC(=O)c1ccsc1NC(=O)C1CCN(S(=O)(=O)c2ccc(C)cc2)CC1. The Labute approximate surface area is 184 Å². The van der Waals surface area contributed by atoms with Crippen LogP contribution in [0, 0.1) is 12.8 Å². The summed E-state index contributed by atoms with van der Waals surface area (Å²) in [5.74, 6) is -1.35. The zero-order valence-corrected chi connectivity index (χ0v) is 18.7. The zero-order valence-electron chi connectivity index (χ0n) is 17.1. The van der Waals surface area contributed by atoms with E-state index < -0.39 is 22.0 Å². The highest BCUT2D eigenvalue weighted by molar-refractivity contribution is 7.89. The van der Waals surface area contributed by atoms with Gasteiger partial charge in [-0.3, -0.25) is 14.9 Å². The van der Waals surface area contributed by atoms with Crippen molar-refractivity contribution in [2.24, 2.45) is 5.92 Å². The normalized spacial score (nSPS) is 15.3. The summed E-state index contributed by atoms with van der Waals surface area (Å²) in [5.41, 5.74) is 1.13. The number of imide groups is 1. The lowest BCUT2D eigenvalue weighted by atomic mass is 9.97. The Kier molecular flexibility index (Phi) is 7.08. The number of nitrogens with zero attached hydrogens (tertiary/aromatic N) is 1. The van der Waals surface area contributed by atoms with Crippen molar-refractivity contribution in [1.82, 2.24) is 9.62 Å². The molecular weight excluding hydrogens is 442 g/mol. The number of piperidine rings is 1. The molecule has 31 heavy (non-hydrogen) atoms. The first-order valence-electron chi connectivity index (χ1n) is 9.57. The van der Waals surface area contributed by atoms with Gasteiger partial charge in [0.1, 0.15) is 5.00 Å². The molecule has 0 spiro atoms. The minimum Gasteiger partial charge on any atom is -0.453 e. The summed E-state index contributed by atoms with van der Waals surface area (Å²) >= 11 is 1.16. The number of aryl methyl sites for hydroxylation is 1. The quantitative estimate of drug-likeness (QED) is 0.700. The van der Waals surface area contributed by atoms with E-state index in [-0.39, 0.29) is 35.4 Å². The van der Waals surface area contributed by atoms with E-state index in [1.165, 1.54) is 10.4 Å². The standard InChI is InChI=1S/C20H23N3O6S2/c1-13-3-5-15(6-4-13)31(27,28)23-10-7-14(8-11-23)17(24)21-19-16(9-12-30-19)18(25)22-20(26)29-2/h3-6,9,12,14H,7-8,10-11H2,1-2H3,(H,21,24)(H,22,25,26). The highest BCUT2D eigenvalue weighted by Gasteiger charge is 2.32. The van der Waals surface area contributed by atoms with E-state index in [0.717, 1.165) is 24.0 Å². The Morgan fingerprint density at radius 2 is 1.74 bits per heavy atom. The van der Waals surface area contributed by atoms with Gasteiger partial charge < -0.3 is 10.1 Å². The summed E-state index contributed by atoms with van der Waals surface area (Å²) in [6.45, 7) is 2.35. The van der Waals surface area contributed by atoms with Crippen LogP contribution in [0.1, 0.15) is 28.8 Å². The van der Waals surface area contributed by atoms with Gasteiger partial charge in [-0.2, -0.15) is 4.31 Å². The van der Waals surface area contributed by atoms with Crippen molar-refractivity contribution in [3.8, 4) is 0 Å². The Hall–Kier alpha value is -2.76. The van der Waals surface area contributed by atoms with E-state index in [9.17, 15) is 22.8 Å². The van der Waals surface area contributed by atoms with E-state index in [2.05, 4.69) is 10.1 Å². The van der Waals surface area contributed by atoms with Crippen LogP contribution < -0.4 is 10.6 Å². The molecule has 166 valence electrons. The molecule has 3 amide bonds. The van der Waals surface area contributed by atoms with Gasteiger partial charge in [0.25, 0.3) is 5.91 Å². The molecule has 1 saturated heterocycles. The summed E-state index contributed by atoms with van der Waals surface area (Å²) in [5, 5.41) is 6.72. The Morgan fingerprint density at radius 1 is 1.10 bits per heavy atom. The van der Waals surface area contributed by atoms with Crippen LogP contribution in [0.3, 0.4) is 0 Å². The summed E-state index contributed by atoms with van der Waals surface area (Å²) in [7, 11) is -2.46. The first-order chi connectivity index (χ1) is 14.7. The van der Waals surface area contributed by atoms with E-state index in [1.54, 1.807) is 29.6 Å². The number of amides is 3. The number of sulfonamides is 1. The lowest BCUT2D eigenvalue weighted by molar-refractivity contribution is -0.120. The van der Waals surface area contributed by atoms with Gasteiger partial charge in [0.15, 0.2) is 0 Å². The number of hydrogen-bond acceptors (Lipinski definition) is 7. The predicted molar refractivity (Wildman–Crippen MR) is 115 cm³/mol. The largest absolute Gasteiger partial charge is 0.453 e. The number of nitrogens with one attached hydrogen (secondary N) is 2. The smallest absolute Gasteiger partial charge is 0.413 e. The molecule has 1 fully saturated rings. The van der Waals surface area contributed by atoms with Crippen molar-refractivity contribution in [2.75, 3.05) is 25.5 Å². The monoisotopic (exact) mass is 465 g/mol. The first kappa shape index (κ1) is 22.9. The van der Waals surface area contributed by atoms with Crippen LogP contribution in [0.15, 0.2) is 40.6 Å². The molecule has 0 radical (unpaired) electrons. The summed E-state index contributed by atoms with van der Waals surface area (Å²) in [6.07, 6.45) is -0.159. The maximum atomic E-state index is 12.8. The second-order valence-corrected chi connectivity index (χ2v) is 9.94. The van der Waals surface area contributed by atoms with Gasteiger partial charge in [-0.1, -0.05) is 17.7 Å². The number of methoxy groups -OCH3 is 1. The molecule has 3 rings (SSSR count). The lowest BCUT2D eigenvalue weighted by Gasteiger charge is -2.30. The van der Waals surface area contributed by atoms with Gasteiger partial charge in [-0.25, -0.2) is 13.2 Å². The van der Waals surface area contributed by atoms with Crippen LogP contribution in [-0.2, 0) is 19.6 Å². The lowest BCUT2D eigenvalue weighted by Crippen LogP contribution is -2.41. The first-order valence-corrected chi connectivity index (χ1v) is 11.9. The molecule has 1 aliphatic heterocycles. The van der Waals surface area contributed by atoms with Gasteiger partial charge in [-0.15, -0.1) is 11.3 Å². The average Bonchev–Trinajstić information content (AvgIpc) is 3.22. The molecule has 9 nitrogen and oxygen atoms in total. The highest BCUT2D eigenvalue weighted by Crippen LogP contribution is 2.28. The van der Waals surface area contributed by atoms with Crippen LogP contribution in [0.4, 0.5) is 9.80 Å². The van der Waals surface area contributed by atoms with Gasteiger partial charge >= 0.3 is 6.09 Å². The number of anilines is 1. The molecule has 0 unspecified atom stereocenters. The number of rotatable bonds is 5. The fraction of sp³-hybridized carbons (Fsp3) is 0.350.